The molecular formula is C12H16N2O. The first kappa shape index (κ1) is 10.2. The van der Waals surface area contributed by atoms with Crippen LogP contribution in [-0.4, -0.2) is 13.1 Å². The minimum atomic E-state index is -0.00593. The van der Waals surface area contributed by atoms with Gasteiger partial charge in [0.2, 0.25) is 0 Å². The van der Waals surface area contributed by atoms with Gasteiger partial charge >= 0.3 is 0 Å². The standard InChI is InChI=1S/C12H16N2O/c1-2-14-7-11(13)10-8-15-12-6-4-3-5-9(10)12/h3-6,8,11,14H,2,7,13H2,1H3. The first-order valence-electron chi connectivity index (χ1n) is 5.25. The fourth-order valence-corrected chi connectivity index (χ4v) is 1.70. The van der Waals surface area contributed by atoms with Crippen molar-refractivity contribution >= 4 is 11.0 Å². The third-order valence-electron chi connectivity index (χ3n) is 2.52. The summed E-state index contributed by atoms with van der Waals surface area (Å²) in [6.45, 7) is 3.78. The molecule has 1 aromatic carbocycles. The Morgan fingerprint density at radius 1 is 1.40 bits per heavy atom. The molecule has 0 spiro atoms. The summed E-state index contributed by atoms with van der Waals surface area (Å²) in [5, 5.41) is 4.35. The summed E-state index contributed by atoms with van der Waals surface area (Å²) in [4.78, 5) is 0. The lowest BCUT2D eigenvalue weighted by molar-refractivity contribution is 0.581. The number of nitrogens with two attached hydrogens (primary N) is 1. The highest BCUT2D eigenvalue weighted by Gasteiger charge is 2.11. The minimum absolute atomic E-state index is 0.00593. The van der Waals surface area contributed by atoms with Gasteiger partial charge in [-0.25, -0.2) is 0 Å². The van der Waals surface area contributed by atoms with E-state index in [2.05, 4.69) is 12.2 Å². The van der Waals surface area contributed by atoms with Crippen LogP contribution < -0.4 is 11.1 Å². The molecule has 0 aliphatic carbocycles. The van der Waals surface area contributed by atoms with Gasteiger partial charge in [0.05, 0.1) is 6.26 Å². The molecule has 0 amide bonds. The zero-order chi connectivity index (χ0) is 10.7. The SMILES string of the molecule is CCNCC(N)c1coc2ccccc12. The van der Waals surface area contributed by atoms with Crippen molar-refractivity contribution < 1.29 is 4.42 Å². The van der Waals surface area contributed by atoms with Crippen LogP contribution in [-0.2, 0) is 0 Å². The lowest BCUT2D eigenvalue weighted by Gasteiger charge is -2.09. The molecule has 3 heteroatoms. The van der Waals surface area contributed by atoms with E-state index in [-0.39, 0.29) is 6.04 Å². The summed E-state index contributed by atoms with van der Waals surface area (Å²) in [6.07, 6.45) is 1.76. The smallest absolute Gasteiger partial charge is 0.134 e. The normalized spacial score (nSPS) is 13.2. The predicted molar refractivity (Wildman–Crippen MR) is 61.7 cm³/mol. The Bertz CT molecular complexity index is 436. The largest absolute Gasteiger partial charge is 0.464 e. The van der Waals surface area contributed by atoms with Crippen LogP contribution in [0.15, 0.2) is 34.9 Å². The predicted octanol–water partition coefficient (Wildman–Crippen LogP) is 2.04. The van der Waals surface area contributed by atoms with Gasteiger partial charge < -0.3 is 15.5 Å². The lowest BCUT2D eigenvalue weighted by atomic mass is 10.1. The Labute approximate surface area is 89.3 Å². The summed E-state index contributed by atoms with van der Waals surface area (Å²) >= 11 is 0. The summed E-state index contributed by atoms with van der Waals surface area (Å²) in [6, 6.07) is 7.96. The van der Waals surface area contributed by atoms with Gasteiger partial charge in [-0.2, -0.15) is 0 Å². The minimum Gasteiger partial charge on any atom is -0.464 e. The van der Waals surface area contributed by atoms with E-state index >= 15 is 0 Å². The highest BCUT2D eigenvalue weighted by molar-refractivity contribution is 5.81. The molecule has 0 radical (unpaired) electrons. The van der Waals surface area contributed by atoms with Crippen molar-refractivity contribution in [1.29, 1.82) is 0 Å². The molecule has 3 nitrogen and oxygen atoms in total. The van der Waals surface area contributed by atoms with Gasteiger partial charge in [0, 0.05) is 23.5 Å². The van der Waals surface area contributed by atoms with Crippen molar-refractivity contribution in [1.82, 2.24) is 5.32 Å². The molecule has 1 unspecified atom stereocenters. The Kier molecular flexibility index (Phi) is 3.04. The summed E-state index contributed by atoms with van der Waals surface area (Å²) in [5.41, 5.74) is 8.05. The Morgan fingerprint density at radius 3 is 3.00 bits per heavy atom. The number of para-hydroxylation sites is 1. The van der Waals surface area contributed by atoms with Crippen LogP contribution in [0.1, 0.15) is 18.5 Å². The second-order valence-corrected chi connectivity index (χ2v) is 3.60. The molecule has 0 bridgehead atoms. The molecule has 0 saturated carbocycles. The number of benzene rings is 1. The molecule has 0 saturated heterocycles. The second kappa shape index (κ2) is 4.47. The van der Waals surface area contributed by atoms with E-state index in [1.54, 1.807) is 6.26 Å². The lowest BCUT2D eigenvalue weighted by Crippen LogP contribution is -2.26. The maximum atomic E-state index is 6.07. The van der Waals surface area contributed by atoms with Crippen LogP contribution in [0.3, 0.4) is 0 Å². The van der Waals surface area contributed by atoms with Crippen molar-refractivity contribution in [2.75, 3.05) is 13.1 Å². The average molecular weight is 204 g/mol. The van der Waals surface area contributed by atoms with Gasteiger partial charge in [0.25, 0.3) is 0 Å². The molecule has 1 atom stereocenters. The number of furan rings is 1. The van der Waals surface area contributed by atoms with Crippen LogP contribution in [0.2, 0.25) is 0 Å². The van der Waals surface area contributed by atoms with Gasteiger partial charge in [0.1, 0.15) is 5.58 Å². The second-order valence-electron chi connectivity index (χ2n) is 3.60. The van der Waals surface area contributed by atoms with E-state index < -0.39 is 0 Å². The molecule has 3 N–H and O–H groups in total. The molecule has 80 valence electrons. The van der Waals surface area contributed by atoms with E-state index in [1.165, 1.54) is 0 Å². The van der Waals surface area contributed by atoms with Gasteiger partial charge in [-0.1, -0.05) is 25.1 Å². The van der Waals surface area contributed by atoms with Crippen LogP contribution in [0.4, 0.5) is 0 Å². The Hall–Kier alpha value is -1.32. The molecule has 2 rings (SSSR count). The summed E-state index contributed by atoms with van der Waals surface area (Å²) in [7, 11) is 0. The molecule has 0 fully saturated rings. The van der Waals surface area contributed by atoms with Crippen LogP contribution in [0.25, 0.3) is 11.0 Å². The molecule has 0 aliphatic rings. The molecule has 15 heavy (non-hydrogen) atoms. The van der Waals surface area contributed by atoms with E-state index in [0.717, 1.165) is 29.6 Å². The van der Waals surface area contributed by atoms with Gasteiger partial charge in [-0.15, -0.1) is 0 Å². The number of likely N-dealkylation sites (N-methyl/N-ethyl adjacent to an activating group) is 1. The summed E-state index contributed by atoms with van der Waals surface area (Å²) in [5.74, 6) is 0. The maximum Gasteiger partial charge on any atom is 0.134 e. The third-order valence-corrected chi connectivity index (χ3v) is 2.52. The molecule has 0 aliphatic heterocycles. The van der Waals surface area contributed by atoms with Crippen LogP contribution >= 0.6 is 0 Å². The van der Waals surface area contributed by atoms with E-state index in [4.69, 9.17) is 10.2 Å². The number of hydrogen-bond donors (Lipinski definition) is 2. The fraction of sp³-hybridized carbons (Fsp3) is 0.333. The van der Waals surface area contributed by atoms with Crippen LogP contribution in [0, 0.1) is 0 Å². The quantitative estimate of drug-likeness (QED) is 0.801. The summed E-state index contributed by atoms with van der Waals surface area (Å²) < 4.78 is 5.44. The Balaban J connectivity index is 2.27. The Morgan fingerprint density at radius 2 is 2.20 bits per heavy atom. The van der Waals surface area contributed by atoms with Gasteiger partial charge in [-0.05, 0) is 12.6 Å². The molecular weight excluding hydrogens is 188 g/mol. The first-order chi connectivity index (χ1) is 7.33. The van der Waals surface area contributed by atoms with Crippen molar-refractivity contribution in [3.05, 3.63) is 36.1 Å². The van der Waals surface area contributed by atoms with Gasteiger partial charge in [0.15, 0.2) is 0 Å². The first-order valence-corrected chi connectivity index (χ1v) is 5.25. The monoisotopic (exact) mass is 204 g/mol. The number of hydrogen-bond acceptors (Lipinski definition) is 3. The van der Waals surface area contributed by atoms with Crippen molar-refractivity contribution in [3.8, 4) is 0 Å². The van der Waals surface area contributed by atoms with Crippen molar-refractivity contribution in [2.45, 2.75) is 13.0 Å². The van der Waals surface area contributed by atoms with Gasteiger partial charge in [-0.3, -0.25) is 0 Å². The zero-order valence-corrected chi connectivity index (χ0v) is 8.86. The fourth-order valence-electron chi connectivity index (χ4n) is 1.70. The van der Waals surface area contributed by atoms with Crippen molar-refractivity contribution in [2.24, 2.45) is 5.73 Å². The molecule has 1 heterocycles. The number of nitrogens with one attached hydrogen (secondary N) is 1. The molecule has 1 aromatic heterocycles. The van der Waals surface area contributed by atoms with Crippen LogP contribution in [0.5, 0.6) is 0 Å². The number of rotatable bonds is 4. The topological polar surface area (TPSA) is 51.2 Å². The third kappa shape index (κ3) is 2.03. The highest BCUT2D eigenvalue weighted by Crippen LogP contribution is 2.24. The highest BCUT2D eigenvalue weighted by atomic mass is 16.3. The average Bonchev–Trinajstić information content (AvgIpc) is 2.69. The van der Waals surface area contributed by atoms with Crippen molar-refractivity contribution in [3.63, 3.8) is 0 Å². The number of fused-ring (bicyclic) bond motifs is 1. The zero-order valence-electron chi connectivity index (χ0n) is 8.86. The van der Waals surface area contributed by atoms with E-state index in [9.17, 15) is 0 Å². The van der Waals surface area contributed by atoms with E-state index in [1.807, 2.05) is 24.3 Å². The maximum absolute atomic E-state index is 6.07. The molecule has 2 aromatic rings. The van der Waals surface area contributed by atoms with E-state index in [0.29, 0.717) is 0 Å².